The lowest BCUT2D eigenvalue weighted by Crippen LogP contribution is -2.38. The van der Waals surface area contributed by atoms with Gasteiger partial charge in [-0.1, -0.05) is 50.8 Å². The molecule has 2 aliphatic heterocycles. The fraction of sp³-hybridized carbons (Fsp3) is 0.737. The smallest absolute Gasteiger partial charge is 0.324 e. The van der Waals surface area contributed by atoms with Crippen molar-refractivity contribution < 1.29 is 9.63 Å². The molecule has 0 unspecified atom stereocenters. The summed E-state index contributed by atoms with van der Waals surface area (Å²) in [5, 5.41) is 3.23. The summed E-state index contributed by atoms with van der Waals surface area (Å²) < 4.78 is 0. The van der Waals surface area contributed by atoms with Crippen LogP contribution in [0.25, 0.3) is 0 Å². The van der Waals surface area contributed by atoms with Gasteiger partial charge in [0, 0.05) is 19.0 Å². The Morgan fingerprint density at radius 3 is 3.04 bits per heavy atom. The zero-order chi connectivity index (χ0) is 16.3. The zero-order valence-corrected chi connectivity index (χ0v) is 14.4. The number of hydrogen-bond donors (Lipinski definition) is 2. The number of carbonyl (C=O) groups excluding carboxylic acids is 1. The Kier molecular flexibility index (Phi) is 8.23. The van der Waals surface area contributed by atoms with Gasteiger partial charge in [-0.25, -0.2) is 0 Å². The number of hydroxylamine groups is 1. The number of allylic oxidation sites excluding steroid dienone is 2. The molecule has 2 heterocycles. The van der Waals surface area contributed by atoms with Crippen LogP contribution in [0.5, 0.6) is 0 Å². The zero-order valence-electron chi connectivity index (χ0n) is 14.4. The monoisotopic (exact) mass is 320 g/mol. The molecule has 0 aromatic carbocycles. The van der Waals surface area contributed by atoms with Gasteiger partial charge in [-0.2, -0.15) is 5.48 Å². The predicted molar refractivity (Wildman–Crippen MR) is 93.5 cm³/mol. The number of rotatable bonds is 8. The Labute approximate surface area is 140 Å². The Morgan fingerprint density at radius 2 is 2.26 bits per heavy atom. The Balaban J connectivity index is 1.60. The molecule has 0 aliphatic carbocycles. The van der Waals surface area contributed by atoms with Gasteiger partial charge >= 0.3 is 5.97 Å². The molecule has 0 radical (unpaired) electrons. The highest BCUT2D eigenvalue weighted by Crippen LogP contribution is 2.24. The van der Waals surface area contributed by atoms with Crippen LogP contribution in [-0.2, 0) is 9.63 Å². The van der Waals surface area contributed by atoms with Crippen molar-refractivity contribution in [1.82, 2.24) is 10.8 Å². The van der Waals surface area contributed by atoms with Gasteiger partial charge in [0.2, 0.25) is 0 Å². The summed E-state index contributed by atoms with van der Waals surface area (Å²) in [6.07, 6.45) is 19.1. The lowest BCUT2D eigenvalue weighted by molar-refractivity contribution is -0.159. The number of hydrogen-bond acceptors (Lipinski definition) is 4. The lowest BCUT2D eigenvalue weighted by Gasteiger charge is -2.26. The quantitative estimate of drug-likeness (QED) is 0.527. The van der Waals surface area contributed by atoms with Gasteiger partial charge < -0.3 is 10.2 Å². The highest BCUT2D eigenvalue weighted by Gasteiger charge is 2.22. The molecule has 2 N–H and O–H groups in total. The Hall–Kier alpha value is -1.29. The molecule has 2 aliphatic rings. The van der Waals surface area contributed by atoms with E-state index in [9.17, 15) is 4.79 Å². The van der Waals surface area contributed by atoms with E-state index in [0.29, 0.717) is 18.4 Å². The molecule has 130 valence electrons. The van der Waals surface area contributed by atoms with Crippen molar-refractivity contribution >= 4 is 5.97 Å². The second kappa shape index (κ2) is 10.5. The van der Waals surface area contributed by atoms with Crippen molar-refractivity contribution in [1.29, 1.82) is 0 Å². The summed E-state index contributed by atoms with van der Waals surface area (Å²) in [5.41, 5.74) is 2.92. The Bertz CT molecular complexity index is 396. The summed E-state index contributed by atoms with van der Waals surface area (Å²) >= 11 is 0. The average molecular weight is 320 g/mol. The maximum Gasteiger partial charge on any atom is 0.324 e. The van der Waals surface area contributed by atoms with E-state index in [2.05, 4.69) is 42.1 Å². The van der Waals surface area contributed by atoms with E-state index < -0.39 is 0 Å². The fourth-order valence-electron chi connectivity index (χ4n) is 3.46. The van der Waals surface area contributed by atoms with Gasteiger partial charge in [-0.15, -0.1) is 0 Å². The maximum absolute atomic E-state index is 11.1. The van der Waals surface area contributed by atoms with Crippen LogP contribution in [-0.4, -0.2) is 18.6 Å². The van der Waals surface area contributed by atoms with E-state index in [-0.39, 0.29) is 5.97 Å². The van der Waals surface area contributed by atoms with Gasteiger partial charge in [-0.3, -0.25) is 4.79 Å². The molecule has 1 fully saturated rings. The first kappa shape index (κ1) is 18.1. The highest BCUT2D eigenvalue weighted by molar-refractivity contribution is 5.69. The lowest BCUT2D eigenvalue weighted by atomic mass is 9.89. The van der Waals surface area contributed by atoms with Crippen LogP contribution < -0.4 is 10.8 Å². The summed E-state index contributed by atoms with van der Waals surface area (Å²) in [6, 6.07) is 0.351. The van der Waals surface area contributed by atoms with Crippen molar-refractivity contribution in [3.05, 3.63) is 24.4 Å². The maximum atomic E-state index is 11.1. The molecule has 0 amide bonds. The van der Waals surface area contributed by atoms with E-state index in [0.717, 1.165) is 31.7 Å². The summed E-state index contributed by atoms with van der Waals surface area (Å²) in [5.74, 6) is 1.32. The molecular formula is C19H32N2O2. The SMILES string of the molecule is CC[C@H](CCCC[C@@H]1/C=C\CN/C=C\C1)C[C@@H]1CCC(=O)ON1. The molecule has 3 atom stereocenters. The minimum absolute atomic E-state index is 0.120. The molecule has 0 spiro atoms. The van der Waals surface area contributed by atoms with E-state index in [4.69, 9.17) is 4.84 Å². The van der Waals surface area contributed by atoms with Crippen LogP contribution in [0.2, 0.25) is 0 Å². The van der Waals surface area contributed by atoms with Crippen LogP contribution in [0.3, 0.4) is 0 Å². The minimum Gasteiger partial charge on any atom is -0.388 e. The molecule has 0 saturated carbocycles. The van der Waals surface area contributed by atoms with Crippen molar-refractivity contribution in [2.24, 2.45) is 11.8 Å². The molecule has 4 heteroatoms. The molecule has 0 bridgehead atoms. The second-order valence-corrected chi connectivity index (χ2v) is 6.86. The Morgan fingerprint density at radius 1 is 1.35 bits per heavy atom. The summed E-state index contributed by atoms with van der Waals surface area (Å²) in [7, 11) is 0. The van der Waals surface area contributed by atoms with Crippen LogP contribution >= 0.6 is 0 Å². The molecular weight excluding hydrogens is 288 g/mol. The number of unbranched alkanes of at least 4 members (excludes halogenated alkanes) is 1. The summed E-state index contributed by atoms with van der Waals surface area (Å²) in [6.45, 7) is 3.22. The summed E-state index contributed by atoms with van der Waals surface area (Å²) in [4.78, 5) is 16.0. The first-order chi connectivity index (χ1) is 11.3. The van der Waals surface area contributed by atoms with Crippen molar-refractivity contribution in [3.63, 3.8) is 0 Å². The second-order valence-electron chi connectivity index (χ2n) is 6.86. The predicted octanol–water partition coefficient (Wildman–Crippen LogP) is 3.85. The first-order valence-electron chi connectivity index (χ1n) is 9.28. The third-order valence-electron chi connectivity index (χ3n) is 4.99. The molecule has 4 nitrogen and oxygen atoms in total. The number of carbonyl (C=O) groups is 1. The van der Waals surface area contributed by atoms with E-state index in [1.165, 1.54) is 32.1 Å². The third-order valence-corrected chi connectivity index (χ3v) is 4.99. The first-order valence-corrected chi connectivity index (χ1v) is 9.28. The molecule has 0 aromatic heterocycles. The largest absolute Gasteiger partial charge is 0.388 e. The van der Waals surface area contributed by atoms with Gasteiger partial charge in [0.05, 0.1) is 0 Å². The van der Waals surface area contributed by atoms with Crippen molar-refractivity contribution in [2.45, 2.75) is 70.8 Å². The minimum atomic E-state index is -0.120. The van der Waals surface area contributed by atoms with Gasteiger partial charge in [-0.05, 0) is 43.7 Å². The molecule has 2 rings (SSSR count). The van der Waals surface area contributed by atoms with Gasteiger partial charge in [0.25, 0.3) is 0 Å². The topological polar surface area (TPSA) is 50.4 Å². The van der Waals surface area contributed by atoms with Crippen LogP contribution in [0.15, 0.2) is 24.4 Å². The third kappa shape index (κ3) is 7.21. The normalized spacial score (nSPS) is 28.8. The van der Waals surface area contributed by atoms with Crippen LogP contribution in [0.1, 0.15) is 64.7 Å². The average Bonchev–Trinajstić information content (AvgIpc) is 2.53. The van der Waals surface area contributed by atoms with E-state index in [1.807, 2.05) is 0 Å². The molecule has 1 saturated heterocycles. The molecule has 0 aromatic rings. The van der Waals surface area contributed by atoms with Crippen LogP contribution in [0, 0.1) is 11.8 Å². The van der Waals surface area contributed by atoms with Gasteiger partial charge in [0.15, 0.2) is 0 Å². The fourth-order valence-corrected chi connectivity index (χ4v) is 3.46. The van der Waals surface area contributed by atoms with Crippen molar-refractivity contribution in [3.8, 4) is 0 Å². The van der Waals surface area contributed by atoms with E-state index >= 15 is 0 Å². The molecule has 23 heavy (non-hydrogen) atoms. The van der Waals surface area contributed by atoms with E-state index in [1.54, 1.807) is 0 Å². The number of nitrogens with one attached hydrogen (secondary N) is 2. The van der Waals surface area contributed by atoms with Crippen molar-refractivity contribution in [2.75, 3.05) is 6.54 Å². The van der Waals surface area contributed by atoms with Gasteiger partial charge in [0.1, 0.15) is 0 Å². The highest BCUT2D eigenvalue weighted by atomic mass is 16.7. The standard InChI is InChI=1S/C19H32N2O2/c1-2-16(15-18-11-12-19(22)23-21-18)7-3-4-8-17-9-5-13-20-14-6-10-17/h5-6,9,14,16-18,20-21H,2-4,7-8,10-13,15H2,1H3/b9-5-,14-6-/t16-,17-,18+/m1/s1. The van der Waals surface area contributed by atoms with Crippen LogP contribution in [0.4, 0.5) is 0 Å².